The fourth-order valence-corrected chi connectivity index (χ4v) is 4.25. The van der Waals surface area contributed by atoms with Crippen molar-refractivity contribution in [3.63, 3.8) is 0 Å². The quantitative estimate of drug-likeness (QED) is 0.483. The molecular formula is C22H23N5O3. The zero-order valence-electron chi connectivity index (χ0n) is 16.8. The van der Waals surface area contributed by atoms with E-state index in [9.17, 15) is 15.0 Å². The van der Waals surface area contributed by atoms with Crippen molar-refractivity contribution in [3.8, 4) is 11.3 Å². The van der Waals surface area contributed by atoms with Gasteiger partial charge in [-0.25, -0.2) is 14.8 Å². The molecule has 0 aliphatic carbocycles. The number of aliphatic hydroxyl groups is 1. The molecule has 1 saturated heterocycles. The molecule has 1 aliphatic heterocycles. The van der Waals surface area contributed by atoms with Gasteiger partial charge in [-0.3, -0.25) is 4.40 Å². The standard InChI is InChI=1S/C22H23N5O3/c1-22(2,30)15-5-3-13(4-6-15)18-17-11-24-19-16(7-9-23-19)27(17)20(25-18)14-8-10-26(12-14)21(28)29/h3-7,9,11,14,23,30H,8,10,12H2,1-2H3,(H,28,29). The van der Waals surface area contributed by atoms with E-state index in [-0.39, 0.29) is 5.92 Å². The number of H-pyrrole nitrogens is 1. The molecule has 0 bridgehead atoms. The van der Waals surface area contributed by atoms with E-state index in [1.54, 1.807) is 20.0 Å². The van der Waals surface area contributed by atoms with Gasteiger partial charge in [-0.1, -0.05) is 24.3 Å². The Bertz CT molecular complexity index is 1250. The van der Waals surface area contributed by atoms with E-state index in [4.69, 9.17) is 4.98 Å². The first-order chi connectivity index (χ1) is 14.3. The van der Waals surface area contributed by atoms with Gasteiger partial charge in [-0.05, 0) is 31.9 Å². The molecule has 1 aromatic carbocycles. The van der Waals surface area contributed by atoms with Gasteiger partial charge < -0.3 is 20.1 Å². The van der Waals surface area contributed by atoms with Crippen LogP contribution in [0.15, 0.2) is 42.7 Å². The first-order valence-electron chi connectivity index (χ1n) is 9.98. The van der Waals surface area contributed by atoms with Gasteiger partial charge >= 0.3 is 6.09 Å². The number of aromatic nitrogens is 4. The largest absolute Gasteiger partial charge is 0.465 e. The minimum absolute atomic E-state index is 0.0125. The topological polar surface area (TPSA) is 107 Å². The van der Waals surface area contributed by atoms with Crippen molar-refractivity contribution < 1.29 is 15.0 Å². The third kappa shape index (κ3) is 2.91. The average molecular weight is 405 g/mol. The van der Waals surface area contributed by atoms with Crippen LogP contribution in [0.1, 0.15) is 37.6 Å². The Morgan fingerprint density at radius 2 is 1.97 bits per heavy atom. The van der Waals surface area contributed by atoms with Crippen molar-refractivity contribution in [2.75, 3.05) is 13.1 Å². The first kappa shape index (κ1) is 18.6. The van der Waals surface area contributed by atoms with Crippen molar-refractivity contribution in [2.24, 2.45) is 0 Å². The third-order valence-electron chi connectivity index (χ3n) is 5.89. The maximum Gasteiger partial charge on any atom is 0.407 e. The molecular weight excluding hydrogens is 382 g/mol. The summed E-state index contributed by atoms with van der Waals surface area (Å²) in [6, 6.07) is 9.69. The number of carboxylic acid groups (broad SMARTS) is 1. The number of rotatable bonds is 3. The van der Waals surface area contributed by atoms with Crippen molar-refractivity contribution in [2.45, 2.75) is 31.8 Å². The summed E-state index contributed by atoms with van der Waals surface area (Å²) >= 11 is 0. The van der Waals surface area contributed by atoms with Crippen LogP contribution in [0.5, 0.6) is 0 Å². The summed E-state index contributed by atoms with van der Waals surface area (Å²) in [5.74, 6) is 0.862. The highest BCUT2D eigenvalue weighted by molar-refractivity contribution is 5.84. The summed E-state index contributed by atoms with van der Waals surface area (Å²) < 4.78 is 2.09. The molecule has 0 radical (unpaired) electrons. The predicted octanol–water partition coefficient (Wildman–Crippen LogP) is 3.57. The van der Waals surface area contributed by atoms with Crippen LogP contribution in [0.4, 0.5) is 4.79 Å². The van der Waals surface area contributed by atoms with E-state index in [2.05, 4.69) is 14.4 Å². The molecule has 0 saturated carbocycles. The number of nitrogens with one attached hydrogen (secondary N) is 1. The van der Waals surface area contributed by atoms with E-state index in [0.717, 1.165) is 45.7 Å². The summed E-state index contributed by atoms with van der Waals surface area (Å²) in [7, 11) is 0. The van der Waals surface area contributed by atoms with Gasteiger partial charge in [0.05, 0.1) is 28.5 Å². The fourth-order valence-electron chi connectivity index (χ4n) is 4.25. The van der Waals surface area contributed by atoms with Crippen molar-refractivity contribution in [1.29, 1.82) is 0 Å². The van der Waals surface area contributed by atoms with Crippen LogP contribution >= 0.6 is 0 Å². The van der Waals surface area contributed by atoms with Gasteiger partial charge in [0.15, 0.2) is 5.65 Å². The highest BCUT2D eigenvalue weighted by atomic mass is 16.4. The monoisotopic (exact) mass is 405 g/mol. The minimum atomic E-state index is -0.914. The molecule has 4 aromatic rings. The molecule has 1 amide bonds. The van der Waals surface area contributed by atoms with Gasteiger partial charge in [-0.2, -0.15) is 0 Å². The van der Waals surface area contributed by atoms with Gasteiger partial charge in [0.2, 0.25) is 0 Å². The molecule has 154 valence electrons. The lowest BCUT2D eigenvalue weighted by molar-refractivity contribution is 0.0786. The molecule has 30 heavy (non-hydrogen) atoms. The number of aromatic amines is 1. The number of benzene rings is 1. The number of nitrogens with zero attached hydrogens (tertiary/aromatic N) is 4. The van der Waals surface area contributed by atoms with Crippen LogP contribution in [-0.4, -0.2) is 53.6 Å². The number of hydrogen-bond acceptors (Lipinski definition) is 4. The molecule has 1 unspecified atom stereocenters. The Hall–Kier alpha value is -3.39. The van der Waals surface area contributed by atoms with Crippen LogP contribution in [0.25, 0.3) is 27.9 Å². The van der Waals surface area contributed by atoms with Crippen LogP contribution in [0.2, 0.25) is 0 Å². The van der Waals surface area contributed by atoms with E-state index in [1.807, 2.05) is 36.5 Å². The maximum absolute atomic E-state index is 11.4. The van der Waals surface area contributed by atoms with E-state index < -0.39 is 11.7 Å². The van der Waals surface area contributed by atoms with Crippen LogP contribution < -0.4 is 0 Å². The number of likely N-dealkylation sites (tertiary alicyclic amines) is 1. The van der Waals surface area contributed by atoms with Crippen LogP contribution in [-0.2, 0) is 5.60 Å². The second-order valence-corrected chi connectivity index (χ2v) is 8.36. The maximum atomic E-state index is 11.4. The number of fused-ring (bicyclic) bond motifs is 3. The number of imidazole rings is 1. The lowest BCUT2D eigenvalue weighted by Crippen LogP contribution is -2.26. The van der Waals surface area contributed by atoms with Gasteiger partial charge in [0.25, 0.3) is 0 Å². The molecule has 1 atom stereocenters. The van der Waals surface area contributed by atoms with E-state index >= 15 is 0 Å². The molecule has 8 heteroatoms. The number of amides is 1. The minimum Gasteiger partial charge on any atom is -0.465 e. The lowest BCUT2D eigenvalue weighted by Gasteiger charge is -2.17. The van der Waals surface area contributed by atoms with Crippen molar-refractivity contribution in [3.05, 3.63) is 54.1 Å². The van der Waals surface area contributed by atoms with E-state index in [0.29, 0.717) is 13.1 Å². The summed E-state index contributed by atoms with van der Waals surface area (Å²) in [6.07, 6.45) is 3.49. The zero-order chi connectivity index (χ0) is 21.0. The second-order valence-electron chi connectivity index (χ2n) is 8.36. The summed E-state index contributed by atoms with van der Waals surface area (Å²) in [5, 5.41) is 19.6. The number of hydrogen-bond donors (Lipinski definition) is 3. The van der Waals surface area contributed by atoms with Gasteiger partial charge in [0, 0.05) is 30.8 Å². The molecule has 4 heterocycles. The molecule has 8 nitrogen and oxygen atoms in total. The molecule has 3 N–H and O–H groups in total. The highest BCUT2D eigenvalue weighted by Gasteiger charge is 2.31. The summed E-state index contributed by atoms with van der Waals surface area (Å²) in [5.41, 5.74) is 4.20. The van der Waals surface area contributed by atoms with Crippen LogP contribution in [0, 0.1) is 0 Å². The lowest BCUT2D eigenvalue weighted by atomic mass is 9.97. The van der Waals surface area contributed by atoms with E-state index in [1.165, 1.54) is 4.90 Å². The Balaban J connectivity index is 1.67. The molecule has 1 fully saturated rings. The SMILES string of the molecule is CC(C)(O)c1ccc(-c2nc(C3CCN(C(=O)O)C3)n3c2cnc2[nH]ccc23)cc1. The molecule has 1 aliphatic rings. The average Bonchev–Trinajstić information content (AvgIpc) is 3.43. The zero-order valence-corrected chi connectivity index (χ0v) is 16.8. The predicted molar refractivity (Wildman–Crippen MR) is 112 cm³/mol. The Morgan fingerprint density at radius 1 is 1.20 bits per heavy atom. The summed E-state index contributed by atoms with van der Waals surface area (Å²) in [4.78, 5) is 25.5. The normalized spacial score (nSPS) is 17.3. The Labute approximate surface area is 172 Å². The highest BCUT2D eigenvalue weighted by Crippen LogP contribution is 2.34. The first-order valence-corrected chi connectivity index (χ1v) is 9.98. The molecule has 5 rings (SSSR count). The summed E-state index contributed by atoms with van der Waals surface area (Å²) in [6.45, 7) is 4.45. The Kier molecular flexibility index (Phi) is 4.08. The number of carbonyl (C=O) groups is 1. The third-order valence-corrected chi connectivity index (χ3v) is 5.89. The van der Waals surface area contributed by atoms with Crippen molar-refractivity contribution in [1.82, 2.24) is 24.3 Å². The fraction of sp³-hybridized carbons (Fsp3) is 0.318. The smallest absolute Gasteiger partial charge is 0.407 e. The van der Waals surface area contributed by atoms with Gasteiger partial charge in [0.1, 0.15) is 5.82 Å². The Morgan fingerprint density at radius 3 is 2.63 bits per heavy atom. The van der Waals surface area contributed by atoms with Crippen LogP contribution in [0.3, 0.4) is 0 Å². The van der Waals surface area contributed by atoms with Crippen molar-refractivity contribution >= 4 is 22.8 Å². The second kappa shape index (κ2) is 6.56. The van der Waals surface area contributed by atoms with Gasteiger partial charge in [-0.15, -0.1) is 0 Å². The molecule has 3 aromatic heterocycles. The molecule has 0 spiro atoms.